The number of nitrogens with one attached hydrogen (secondary N) is 2. The summed E-state index contributed by atoms with van der Waals surface area (Å²) in [6, 6.07) is 11.5. The van der Waals surface area contributed by atoms with Crippen LogP contribution in [0.3, 0.4) is 0 Å². The number of hydrogen-bond donors (Lipinski definition) is 2. The molecule has 0 aliphatic heterocycles. The third-order valence-corrected chi connectivity index (χ3v) is 5.64. The summed E-state index contributed by atoms with van der Waals surface area (Å²) in [5.41, 5.74) is 2.60. The smallest absolute Gasteiger partial charge is 0.263 e. The quantitative estimate of drug-likeness (QED) is 0.544. The first-order valence-corrected chi connectivity index (χ1v) is 9.71. The summed E-state index contributed by atoms with van der Waals surface area (Å²) in [5, 5.41) is 3.92. The van der Waals surface area contributed by atoms with Crippen LogP contribution < -0.4 is 5.32 Å². The van der Waals surface area contributed by atoms with Crippen molar-refractivity contribution in [3.05, 3.63) is 65.2 Å². The van der Waals surface area contributed by atoms with Crippen LogP contribution in [-0.2, 0) is 0 Å². The molecule has 2 N–H and O–H groups in total. The van der Waals surface area contributed by atoms with E-state index in [-0.39, 0.29) is 17.9 Å². The standard InChI is InChI=1S/C20H21N5OS/c1-12(2)16(18-22-14-8-4-5-9-15(14)23-18)24-19(26)17-13(3)21-20(27-17)25-10-6-7-11-25/h4-12,16H,1-3H3,(H,22,23)(H,24,26)/t16-/m0/s1. The summed E-state index contributed by atoms with van der Waals surface area (Å²) in [7, 11) is 0. The van der Waals surface area contributed by atoms with Gasteiger partial charge in [-0.05, 0) is 37.1 Å². The minimum absolute atomic E-state index is 0.123. The number of nitrogens with zero attached hydrogens (tertiary/aromatic N) is 3. The molecule has 0 saturated carbocycles. The van der Waals surface area contributed by atoms with E-state index in [0.29, 0.717) is 4.88 Å². The molecule has 0 saturated heterocycles. The Labute approximate surface area is 161 Å². The summed E-state index contributed by atoms with van der Waals surface area (Å²) < 4.78 is 1.91. The number of amides is 1. The summed E-state index contributed by atoms with van der Waals surface area (Å²) in [6.45, 7) is 6.01. The molecule has 0 unspecified atom stereocenters. The summed E-state index contributed by atoms with van der Waals surface area (Å²) in [4.78, 5) is 26.1. The van der Waals surface area contributed by atoms with Crippen LogP contribution in [0.4, 0.5) is 0 Å². The molecule has 4 rings (SSSR count). The Morgan fingerprint density at radius 3 is 2.59 bits per heavy atom. The van der Waals surface area contributed by atoms with Crippen molar-refractivity contribution < 1.29 is 4.79 Å². The van der Waals surface area contributed by atoms with Gasteiger partial charge >= 0.3 is 0 Å². The Kier molecular flexibility index (Phi) is 4.53. The molecule has 27 heavy (non-hydrogen) atoms. The molecular weight excluding hydrogens is 358 g/mol. The maximum absolute atomic E-state index is 13.0. The SMILES string of the molecule is Cc1nc(-n2cccc2)sc1C(=O)N[C@H](c1nc2ccccc2[nH]1)C(C)C. The molecule has 6 nitrogen and oxygen atoms in total. The molecule has 3 heterocycles. The highest BCUT2D eigenvalue weighted by Gasteiger charge is 2.25. The van der Waals surface area contributed by atoms with Gasteiger partial charge in [0.25, 0.3) is 5.91 Å². The third kappa shape index (κ3) is 3.38. The predicted molar refractivity (Wildman–Crippen MR) is 107 cm³/mol. The fourth-order valence-corrected chi connectivity index (χ4v) is 3.98. The van der Waals surface area contributed by atoms with Crippen LogP contribution in [0.1, 0.15) is 41.1 Å². The van der Waals surface area contributed by atoms with Crippen molar-refractivity contribution in [2.75, 3.05) is 0 Å². The van der Waals surface area contributed by atoms with Crippen LogP contribution in [0.25, 0.3) is 16.2 Å². The molecule has 3 aromatic heterocycles. The van der Waals surface area contributed by atoms with Crippen molar-refractivity contribution in [3.63, 3.8) is 0 Å². The number of imidazole rings is 1. The van der Waals surface area contributed by atoms with E-state index in [2.05, 4.69) is 34.1 Å². The van der Waals surface area contributed by atoms with Gasteiger partial charge in [-0.15, -0.1) is 0 Å². The number of carbonyl (C=O) groups is 1. The lowest BCUT2D eigenvalue weighted by Crippen LogP contribution is -2.32. The molecular formula is C20H21N5OS. The molecule has 0 bridgehead atoms. The van der Waals surface area contributed by atoms with E-state index in [9.17, 15) is 4.79 Å². The number of aromatic amines is 1. The lowest BCUT2D eigenvalue weighted by molar-refractivity contribution is 0.0926. The van der Waals surface area contributed by atoms with Gasteiger partial charge in [-0.25, -0.2) is 9.97 Å². The van der Waals surface area contributed by atoms with Gasteiger partial charge in [0.1, 0.15) is 10.7 Å². The molecule has 138 valence electrons. The van der Waals surface area contributed by atoms with Crippen molar-refractivity contribution in [1.82, 2.24) is 24.8 Å². The van der Waals surface area contributed by atoms with Gasteiger partial charge in [-0.3, -0.25) is 4.79 Å². The van der Waals surface area contributed by atoms with Crippen molar-refractivity contribution in [1.29, 1.82) is 0 Å². The van der Waals surface area contributed by atoms with Crippen molar-refractivity contribution >= 4 is 28.3 Å². The van der Waals surface area contributed by atoms with Gasteiger partial charge in [-0.2, -0.15) is 0 Å². The Hall–Kier alpha value is -2.93. The molecule has 0 radical (unpaired) electrons. The summed E-state index contributed by atoms with van der Waals surface area (Å²) in [6.07, 6.45) is 3.84. The zero-order valence-electron chi connectivity index (χ0n) is 15.4. The topological polar surface area (TPSA) is 75.6 Å². The maximum atomic E-state index is 13.0. The highest BCUT2D eigenvalue weighted by Crippen LogP contribution is 2.26. The molecule has 7 heteroatoms. The Bertz CT molecular complexity index is 1040. The second-order valence-corrected chi connectivity index (χ2v) is 7.81. The van der Waals surface area contributed by atoms with E-state index < -0.39 is 0 Å². The number of para-hydroxylation sites is 2. The first-order valence-electron chi connectivity index (χ1n) is 8.89. The van der Waals surface area contributed by atoms with Gasteiger partial charge in [0.2, 0.25) is 0 Å². The van der Waals surface area contributed by atoms with Gasteiger partial charge in [0.05, 0.1) is 22.8 Å². The average Bonchev–Trinajstić information content (AvgIpc) is 3.37. The second-order valence-electron chi connectivity index (χ2n) is 6.84. The highest BCUT2D eigenvalue weighted by molar-refractivity contribution is 7.16. The van der Waals surface area contributed by atoms with E-state index in [1.165, 1.54) is 11.3 Å². The molecule has 0 spiro atoms. The Balaban J connectivity index is 1.61. The van der Waals surface area contributed by atoms with Gasteiger partial charge in [-0.1, -0.05) is 37.3 Å². The fraction of sp³-hybridized carbons (Fsp3) is 0.250. The number of aryl methyl sites for hydroxylation is 1. The summed E-state index contributed by atoms with van der Waals surface area (Å²) in [5.74, 6) is 0.835. The Morgan fingerprint density at radius 1 is 1.15 bits per heavy atom. The number of fused-ring (bicyclic) bond motifs is 1. The molecule has 0 aliphatic carbocycles. The average molecular weight is 379 g/mol. The third-order valence-electron chi connectivity index (χ3n) is 4.47. The normalized spacial score (nSPS) is 12.6. The largest absolute Gasteiger partial charge is 0.341 e. The van der Waals surface area contributed by atoms with E-state index in [4.69, 9.17) is 0 Å². The molecule has 1 atom stereocenters. The molecule has 1 aromatic carbocycles. The maximum Gasteiger partial charge on any atom is 0.263 e. The number of hydrogen-bond acceptors (Lipinski definition) is 4. The van der Waals surface area contributed by atoms with Crippen LogP contribution in [0.5, 0.6) is 0 Å². The van der Waals surface area contributed by atoms with E-state index in [1.807, 2.05) is 60.3 Å². The van der Waals surface area contributed by atoms with Crippen molar-refractivity contribution in [2.45, 2.75) is 26.8 Å². The monoisotopic (exact) mass is 379 g/mol. The molecule has 0 aliphatic rings. The predicted octanol–water partition coefficient (Wildman–Crippen LogP) is 4.25. The minimum atomic E-state index is -0.207. The molecule has 1 amide bonds. The molecule has 4 aromatic rings. The second kappa shape index (κ2) is 7.00. The molecule has 0 fully saturated rings. The fourth-order valence-electron chi connectivity index (χ4n) is 3.04. The number of aromatic nitrogens is 4. The number of carbonyl (C=O) groups excluding carboxylic acids is 1. The van der Waals surface area contributed by atoms with E-state index in [1.54, 1.807) is 0 Å². The zero-order valence-corrected chi connectivity index (χ0v) is 16.2. The van der Waals surface area contributed by atoms with Crippen LogP contribution in [0.2, 0.25) is 0 Å². The number of thiazole rings is 1. The van der Waals surface area contributed by atoms with E-state index >= 15 is 0 Å². The highest BCUT2D eigenvalue weighted by atomic mass is 32.1. The van der Waals surface area contributed by atoms with Crippen LogP contribution in [0, 0.1) is 12.8 Å². The van der Waals surface area contributed by atoms with Gasteiger partial charge in [0.15, 0.2) is 5.13 Å². The lowest BCUT2D eigenvalue weighted by Gasteiger charge is -2.20. The van der Waals surface area contributed by atoms with Gasteiger partial charge < -0.3 is 14.9 Å². The number of benzene rings is 1. The number of H-pyrrole nitrogens is 1. The lowest BCUT2D eigenvalue weighted by atomic mass is 10.0. The zero-order chi connectivity index (χ0) is 19.0. The van der Waals surface area contributed by atoms with Crippen molar-refractivity contribution in [3.8, 4) is 5.13 Å². The van der Waals surface area contributed by atoms with Gasteiger partial charge in [0, 0.05) is 12.4 Å². The van der Waals surface area contributed by atoms with Crippen LogP contribution >= 0.6 is 11.3 Å². The van der Waals surface area contributed by atoms with Crippen molar-refractivity contribution in [2.24, 2.45) is 5.92 Å². The first kappa shape index (κ1) is 17.5. The number of rotatable bonds is 5. The minimum Gasteiger partial charge on any atom is -0.341 e. The van der Waals surface area contributed by atoms with Crippen LogP contribution in [-0.4, -0.2) is 25.4 Å². The van der Waals surface area contributed by atoms with E-state index in [0.717, 1.165) is 27.7 Å². The summed E-state index contributed by atoms with van der Waals surface area (Å²) >= 11 is 1.39. The van der Waals surface area contributed by atoms with Crippen LogP contribution in [0.15, 0.2) is 48.8 Å². The first-order chi connectivity index (χ1) is 13.0. The Morgan fingerprint density at radius 2 is 1.89 bits per heavy atom.